The maximum Gasteiger partial charge on any atom is -0.0134 e. The molecule has 2 heteroatoms. The molecule has 3 aromatic carbocycles. The lowest BCUT2D eigenvalue weighted by atomic mass is 10.0. The number of hydrogen-bond acceptors (Lipinski definition) is 0. The molecule has 0 radical (unpaired) electrons. The molecule has 37 heavy (non-hydrogen) atoms. The zero-order valence-corrected chi connectivity index (χ0v) is 26.2. The molecule has 0 heterocycles. The van der Waals surface area contributed by atoms with Gasteiger partial charge in [0.2, 0.25) is 0 Å². The molecule has 0 nitrogen and oxygen atoms in total. The predicted octanol–water partition coefficient (Wildman–Crippen LogP) is 10.9. The summed E-state index contributed by atoms with van der Waals surface area (Å²) in [5.74, 6) is 0. The topological polar surface area (TPSA) is 0 Å². The molecule has 0 saturated heterocycles. The average molecular weight is 584 g/mol. The molecular weight excluding hydrogens is 531 g/mol. The van der Waals surface area contributed by atoms with Crippen LogP contribution in [0.5, 0.6) is 0 Å². The number of unbranched alkanes of at least 4 members (excludes halogenated alkanes) is 14. The highest BCUT2D eigenvalue weighted by atomic mass is 79.9. The van der Waals surface area contributed by atoms with Gasteiger partial charge >= 0.3 is 0 Å². The van der Waals surface area contributed by atoms with Crippen molar-refractivity contribution in [1.82, 2.24) is 0 Å². The van der Waals surface area contributed by atoms with Crippen LogP contribution in [0.1, 0.15) is 110 Å². The van der Waals surface area contributed by atoms with E-state index in [4.69, 9.17) is 0 Å². The summed E-state index contributed by atoms with van der Waals surface area (Å²) in [6.45, 7) is 4.58. The molecular formula is C35H52BrP. The molecule has 3 aromatic rings. The summed E-state index contributed by atoms with van der Waals surface area (Å²) >= 11 is 0. The van der Waals surface area contributed by atoms with Gasteiger partial charge in [0.15, 0.2) is 0 Å². The smallest absolute Gasteiger partial charge is 0.0134 e. The highest BCUT2D eigenvalue weighted by Crippen LogP contribution is 2.32. The van der Waals surface area contributed by atoms with Crippen LogP contribution in [0.3, 0.4) is 0 Å². The minimum absolute atomic E-state index is 0. The van der Waals surface area contributed by atoms with Crippen LogP contribution in [0.4, 0.5) is 0 Å². The summed E-state index contributed by atoms with van der Waals surface area (Å²) in [6.07, 6.45) is 21.9. The monoisotopic (exact) mass is 582 g/mol. The summed E-state index contributed by atoms with van der Waals surface area (Å²) in [7, 11) is -0.446. The van der Waals surface area contributed by atoms with Crippen molar-refractivity contribution in [3.63, 3.8) is 0 Å². The van der Waals surface area contributed by atoms with Gasteiger partial charge in [0.25, 0.3) is 0 Å². The molecule has 0 unspecified atom stereocenters. The number of hydrogen-bond donors (Lipinski definition) is 0. The first kappa shape index (κ1) is 33.6. The van der Waals surface area contributed by atoms with Gasteiger partial charge in [-0.2, -0.15) is 0 Å². The van der Waals surface area contributed by atoms with Gasteiger partial charge in [-0.25, -0.2) is 0 Å². The van der Waals surface area contributed by atoms with Crippen molar-refractivity contribution in [3.05, 3.63) is 91.0 Å². The van der Waals surface area contributed by atoms with Crippen LogP contribution >= 0.6 is 24.9 Å². The molecule has 0 amide bonds. The van der Waals surface area contributed by atoms with Gasteiger partial charge in [-0.3, -0.25) is 0 Å². The number of halogens is 1. The molecule has 0 aliphatic heterocycles. The molecule has 3 rings (SSSR count). The second-order valence-electron chi connectivity index (χ2n) is 9.94. The number of benzene rings is 3. The highest BCUT2D eigenvalue weighted by molar-refractivity contribution is 8.93. The molecule has 0 fully saturated rings. The Hall–Kier alpha value is -1.43. The van der Waals surface area contributed by atoms with Crippen LogP contribution in [-0.4, -0.2) is 0 Å². The third kappa shape index (κ3) is 15.5. The Bertz CT molecular complexity index is 742. The molecule has 0 aliphatic rings. The van der Waals surface area contributed by atoms with Gasteiger partial charge in [-0.05, 0) is 23.8 Å². The Balaban J connectivity index is 0.000000364. The molecule has 0 aliphatic carbocycles. The van der Waals surface area contributed by atoms with Gasteiger partial charge in [0, 0.05) is 0 Å². The Labute approximate surface area is 241 Å². The average Bonchev–Trinajstić information content (AvgIpc) is 2.94. The second-order valence-corrected chi connectivity index (χ2v) is 12.2. The highest BCUT2D eigenvalue weighted by Gasteiger charge is 2.14. The summed E-state index contributed by atoms with van der Waals surface area (Å²) in [5.41, 5.74) is 0. The second kappa shape index (κ2) is 23.7. The Morgan fingerprint density at radius 2 is 0.568 bits per heavy atom. The maximum absolute atomic E-state index is 2.29. The van der Waals surface area contributed by atoms with Crippen molar-refractivity contribution >= 4 is 40.8 Å². The predicted molar refractivity (Wildman–Crippen MR) is 176 cm³/mol. The van der Waals surface area contributed by atoms with E-state index in [9.17, 15) is 0 Å². The summed E-state index contributed by atoms with van der Waals surface area (Å²) in [6, 6.07) is 32.3. The van der Waals surface area contributed by atoms with Crippen molar-refractivity contribution in [2.45, 2.75) is 110 Å². The fraction of sp³-hybridized carbons (Fsp3) is 0.486. The van der Waals surface area contributed by atoms with Crippen LogP contribution in [0.2, 0.25) is 0 Å². The fourth-order valence-corrected chi connectivity index (χ4v) is 6.93. The molecule has 0 aromatic heterocycles. The zero-order chi connectivity index (χ0) is 25.5. The number of rotatable bonds is 17. The molecule has 0 atom stereocenters. The molecule has 0 saturated carbocycles. The minimum Gasteiger partial charge on any atom is -0.114 e. The van der Waals surface area contributed by atoms with E-state index >= 15 is 0 Å². The fourth-order valence-electron chi connectivity index (χ4n) is 4.62. The SMILES string of the molecule is Br.CCCCCCCCCCCCCCCCC.c1ccc(P(c2ccccc2)c2ccccc2)cc1. The first-order valence-corrected chi connectivity index (χ1v) is 16.2. The van der Waals surface area contributed by atoms with Crippen molar-refractivity contribution in [1.29, 1.82) is 0 Å². The zero-order valence-electron chi connectivity index (χ0n) is 23.6. The van der Waals surface area contributed by atoms with Gasteiger partial charge in [-0.15, -0.1) is 17.0 Å². The summed E-state index contributed by atoms with van der Waals surface area (Å²) < 4.78 is 0. The summed E-state index contributed by atoms with van der Waals surface area (Å²) in [4.78, 5) is 0. The maximum atomic E-state index is 2.29. The van der Waals surface area contributed by atoms with Crippen molar-refractivity contribution in [3.8, 4) is 0 Å². The molecule has 0 bridgehead atoms. The lowest BCUT2D eigenvalue weighted by molar-refractivity contribution is 0.534. The third-order valence-corrected chi connectivity index (χ3v) is 9.19. The first-order chi connectivity index (χ1) is 17.9. The van der Waals surface area contributed by atoms with Gasteiger partial charge in [0.1, 0.15) is 0 Å². The van der Waals surface area contributed by atoms with Crippen molar-refractivity contribution in [2.24, 2.45) is 0 Å². The largest absolute Gasteiger partial charge is 0.114 e. The first-order valence-electron chi connectivity index (χ1n) is 14.8. The molecule has 0 N–H and O–H groups in total. The Morgan fingerprint density at radius 1 is 0.351 bits per heavy atom. The third-order valence-electron chi connectivity index (χ3n) is 6.75. The van der Waals surface area contributed by atoms with Gasteiger partial charge in [0.05, 0.1) is 0 Å². The van der Waals surface area contributed by atoms with Gasteiger partial charge in [-0.1, -0.05) is 201 Å². The molecule has 204 valence electrons. The normalized spacial score (nSPS) is 10.5. The minimum atomic E-state index is -0.446. The van der Waals surface area contributed by atoms with Gasteiger partial charge < -0.3 is 0 Å². The van der Waals surface area contributed by atoms with Crippen LogP contribution in [0.15, 0.2) is 91.0 Å². The van der Waals surface area contributed by atoms with E-state index in [0.29, 0.717) is 0 Å². The van der Waals surface area contributed by atoms with Crippen LogP contribution in [-0.2, 0) is 0 Å². The van der Waals surface area contributed by atoms with Crippen molar-refractivity contribution < 1.29 is 0 Å². The summed E-state index contributed by atoms with van der Waals surface area (Å²) in [5, 5.41) is 4.19. The van der Waals surface area contributed by atoms with E-state index in [1.54, 1.807) is 0 Å². The Kier molecular flexibility index (Phi) is 21.5. The molecule has 0 spiro atoms. The van der Waals surface area contributed by atoms with E-state index in [-0.39, 0.29) is 17.0 Å². The van der Waals surface area contributed by atoms with Crippen LogP contribution in [0, 0.1) is 0 Å². The van der Waals surface area contributed by atoms with E-state index in [0.717, 1.165) is 0 Å². The van der Waals surface area contributed by atoms with Crippen LogP contribution < -0.4 is 15.9 Å². The van der Waals surface area contributed by atoms with E-state index in [1.807, 2.05) is 0 Å². The van der Waals surface area contributed by atoms with Crippen molar-refractivity contribution in [2.75, 3.05) is 0 Å². The van der Waals surface area contributed by atoms with E-state index in [2.05, 4.69) is 105 Å². The quantitative estimate of drug-likeness (QED) is 0.110. The van der Waals surface area contributed by atoms with E-state index in [1.165, 1.54) is 112 Å². The van der Waals surface area contributed by atoms with Crippen LogP contribution in [0.25, 0.3) is 0 Å². The Morgan fingerprint density at radius 3 is 0.784 bits per heavy atom. The van der Waals surface area contributed by atoms with E-state index < -0.39 is 7.92 Å². The lowest BCUT2D eigenvalue weighted by Crippen LogP contribution is -2.20. The standard InChI is InChI=1S/C18H15P.C17H36.BrH/c1-4-10-16(11-5-1)19(17-12-6-2-7-13-17)18-14-8-3-9-15-18;1-3-5-7-9-11-13-15-17-16-14-12-10-8-6-4-2;/h1-15H;3-17H2,1-2H3;1H. The lowest BCUT2D eigenvalue weighted by Gasteiger charge is -2.18.